The highest BCUT2D eigenvalue weighted by Gasteiger charge is 2.30. The molecular weight excluding hydrogens is 521 g/mol. The van der Waals surface area contributed by atoms with Gasteiger partial charge in [-0.3, -0.25) is 4.79 Å². The number of rotatable bonds is 4. The summed E-state index contributed by atoms with van der Waals surface area (Å²) in [5.74, 6) is 6.17. The number of nitriles is 1. The van der Waals surface area contributed by atoms with Gasteiger partial charge in [-0.15, -0.1) is 0 Å². The number of alkyl halides is 3. The van der Waals surface area contributed by atoms with Gasteiger partial charge in [0.05, 0.1) is 35.6 Å². The molecule has 40 heavy (non-hydrogen) atoms. The number of piperazine rings is 1. The summed E-state index contributed by atoms with van der Waals surface area (Å²) in [7, 11) is 0. The number of carbonyl (C=O) groups excluding carboxylic acids is 1. The average Bonchev–Trinajstić information content (AvgIpc) is 3.39. The lowest BCUT2D eigenvalue weighted by Gasteiger charge is -2.34. The smallest absolute Gasteiger partial charge is 0.416 e. The maximum absolute atomic E-state index is 12.7. The van der Waals surface area contributed by atoms with Crippen LogP contribution in [0.4, 0.5) is 19.0 Å². The Kier molecular flexibility index (Phi) is 7.30. The Hall–Kier alpha value is -5.03. The first-order chi connectivity index (χ1) is 19.3. The van der Waals surface area contributed by atoms with Gasteiger partial charge in [0.2, 0.25) is 0 Å². The van der Waals surface area contributed by atoms with Crippen LogP contribution < -0.4 is 9.64 Å². The average molecular weight is 545 g/mol. The molecule has 0 N–H and O–H groups in total. The van der Waals surface area contributed by atoms with Crippen molar-refractivity contribution in [1.29, 1.82) is 5.26 Å². The van der Waals surface area contributed by atoms with Crippen LogP contribution >= 0.6 is 0 Å². The lowest BCUT2D eigenvalue weighted by atomic mass is 10.1. The number of halogens is 3. The van der Waals surface area contributed by atoms with Crippen molar-refractivity contribution in [1.82, 2.24) is 19.5 Å². The van der Waals surface area contributed by atoms with E-state index in [-0.39, 0.29) is 5.91 Å². The maximum atomic E-state index is 12.7. The topological polar surface area (TPSA) is 86.8 Å². The second kappa shape index (κ2) is 11.0. The van der Waals surface area contributed by atoms with E-state index < -0.39 is 11.7 Å². The van der Waals surface area contributed by atoms with Crippen LogP contribution in [0.25, 0.3) is 16.6 Å². The van der Waals surface area contributed by atoms with E-state index in [1.165, 1.54) is 18.3 Å². The highest BCUT2D eigenvalue weighted by Crippen LogP contribution is 2.32. The Morgan fingerprint density at radius 2 is 1.82 bits per heavy atom. The van der Waals surface area contributed by atoms with Crippen molar-refractivity contribution >= 4 is 17.2 Å². The zero-order valence-electron chi connectivity index (χ0n) is 21.4. The third-order valence-corrected chi connectivity index (χ3v) is 6.49. The summed E-state index contributed by atoms with van der Waals surface area (Å²) in [6, 6.07) is 12.3. The summed E-state index contributed by atoms with van der Waals surface area (Å²) in [5, 5.41) is 13.8. The molecule has 0 bridgehead atoms. The van der Waals surface area contributed by atoms with Gasteiger partial charge >= 0.3 is 6.18 Å². The van der Waals surface area contributed by atoms with Gasteiger partial charge in [-0.2, -0.15) is 23.5 Å². The minimum absolute atomic E-state index is 0.339. The number of hydrogen-bond donors (Lipinski definition) is 0. The number of fused-ring (bicyclic) bond motifs is 1. The molecular formula is C29H23F3N6O2. The van der Waals surface area contributed by atoms with E-state index in [9.17, 15) is 23.2 Å². The normalized spacial score (nSPS) is 13.5. The SMILES string of the molecule is CCOc1cc(-c2ccc(N3CCN(C(=O)C#Cc4ccc(C(F)(F)F)cc4)CC3)nc2)c2c(C#N)cnn2c1. The number of nitrogens with zero attached hydrogens (tertiary/aromatic N) is 6. The van der Waals surface area contributed by atoms with Crippen LogP contribution in [0.3, 0.4) is 0 Å². The van der Waals surface area contributed by atoms with Crippen LogP contribution in [-0.4, -0.2) is 58.2 Å². The number of hydrogen-bond acceptors (Lipinski definition) is 6. The van der Waals surface area contributed by atoms with Crippen LogP contribution in [0.1, 0.15) is 23.6 Å². The summed E-state index contributed by atoms with van der Waals surface area (Å²) in [6.07, 6.45) is 0.575. The Bertz CT molecular complexity index is 1640. The number of carbonyl (C=O) groups is 1. The Morgan fingerprint density at radius 3 is 2.45 bits per heavy atom. The monoisotopic (exact) mass is 544 g/mol. The van der Waals surface area contributed by atoms with Gasteiger partial charge in [-0.25, -0.2) is 9.50 Å². The summed E-state index contributed by atoms with van der Waals surface area (Å²) in [6.45, 7) is 4.34. The number of aromatic nitrogens is 3. The van der Waals surface area contributed by atoms with Crippen LogP contribution in [0.2, 0.25) is 0 Å². The van der Waals surface area contributed by atoms with Crippen molar-refractivity contribution in [2.45, 2.75) is 13.1 Å². The summed E-state index contributed by atoms with van der Waals surface area (Å²) < 4.78 is 45.5. The van der Waals surface area contributed by atoms with E-state index in [1.54, 1.807) is 21.8 Å². The Morgan fingerprint density at radius 1 is 1.07 bits per heavy atom. The summed E-state index contributed by atoms with van der Waals surface area (Å²) >= 11 is 0. The molecule has 0 aliphatic carbocycles. The van der Waals surface area contributed by atoms with Crippen molar-refractivity contribution in [3.8, 4) is 34.8 Å². The molecule has 4 aromatic rings. The molecule has 1 fully saturated rings. The van der Waals surface area contributed by atoms with Crippen LogP contribution in [0.5, 0.6) is 5.75 Å². The number of pyridine rings is 2. The first-order valence-corrected chi connectivity index (χ1v) is 12.5. The fourth-order valence-electron chi connectivity index (χ4n) is 4.46. The highest BCUT2D eigenvalue weighted by molar-refractivity contribution is 5.94. The summed E-state index contributed by atoms with van der Waals surface area (Å²) in [4.78, 5) is 20.9. The lowest BCUT2D eigenvalue weighted by molar-refractivity contribution is -0.137. The minimum atomic E-state index is -4.42. The van der Waals surface area contributed by atoms with Gasteiger partial charge in [0.15, 0.2) is 0 Å². The Labute approximate surface area is 228 Å². The number of benzene rings is 1. The molecule has 1 amide bonds. The second-order valence-corrected chi connectivity index (χ2v) is 9.00. The van der Waals surface area contributed by atoms with Crippen molar-refractivity contribution in [2.75, 3.05) is 37.7 Å². The second-order valence-electron chi connectivity index (χ2n) is 9.00. The molecule has 8 nitrogen and oxygen atoms in total. The predicted molar refractivity (Wildman–Crippen MR) is 141 cm³/mol. The van der Waals surface area contributed by atoms with E-state index in [0.29, 0.717) is 55.2 Å². The van der Waals surface area contributed by atoms with Gasteiger partial charge in [-0.05, 0) is 49.4 Å². The molecule has 202 valence electrons. The molecule has 1 aliphatic heterocycles. The molecule has 0 spiro atoms. The zero-order valence-corrected chi connectivity index (χ0v) is 21.4. The first-order valence-electron chi connectivity index (χ1n) is 12.5. The van der Waals surface area contributed by atoms with Crippen LogP contribution in [-0.2, 0) is 11.0 Å². The van der Waals surface area contributed by atoms with E-state index in [2.05, 4.69) is 32.9 Å². The van der Waals surface area contributed by atoms with Gasteiger partial charge in [0, 0.05) is 55.0 Å². The molecule has 3 aromatic heterocycles. The molecule has 0 radical (unpaired) electrons. The number of anilines is 1. The maximum Gasteiger partial charge on any atom is 0.416 e. The number of ether oxygens (including phenoxy) is 1. The molecule has 5 rings (SSSR count). The van der Waals surface area contributed by atoms with E-state index in [0.717, 1.165) is 29.1 Å². The zero-order chi connectivity index (χ0) is 28.3. The van der Waals surface area contributed by atoms with E-state index in [4.69, 9.17) is 4.74 Å². The number of amides is 1. The quantitative estimate of drug-likeness (QED) is 0.355. The van der Waals surface area contributed by atoms with Crippen molar-refractivity contribution < 1.29 is 22.7 Å². The van der Waals surface area contributed by atoms with Crippen molar-refractivity contribution in [3.05, 3.63) is 77.7 Å². The lowest BCUT2D eigenvalue weighted by Crippen LogP contribution is -2.48. The van der Waals surface area contributed by atoms with Gasteiger partial charge in [0.1, 0.15) is 17.6 Å². The Balaban J connectivity index is 1.25. The van der Waals surface area contributed by atoms with Crippen molar-refractivity contribution in [3.63, 3.8) is 0 Å². The van der Waals surface area contributed by atoms with E-state index >= 15 is 0 Å². The third kappa shape index (κ3) is 5.54. The highest BCUT2D eigenvalue weighted by atomic mass is 19.4. The van der Waals surface area contributed by atoms with Crippen molar-refractivity contribution in [2.24, 2.45) is 0 Å². The molecule has 1 aromatic carbocycles. The molecule has 0 saturated carbocycles. The van der Waals surface area contributed by atoms with Gasteiger partial charge < -0.3 is 14.5 Å². The summed E-state index contributed by atoms with van der Waals surface area (Å²) in [5.41, 5.74) is 2.28. The van der Waals surface area contributed by atoms with Crippen LogP contribution in [0, 0.1) is 23.2 Å². The molecule has 0 atom stereocenters. The molecule has 4 heterocycles. The standard InChI is InChI=1S/C29H23F3N6O2/c1-2-40-24-15-25(28-22(16-33)18-35-38(28)19-24)21-6-9-26(34-17-21)36-11-13-37(14-12-36)27(39)10-5-20-3-7-23(8-4-20)29(30,31)32/h3-4,6-9,15,17-19H,2,11-14H2,1H3. The molecule has 1 aliphatic rings. The van der Waals surface area contributed by atoms with E-state index in [1.807, 2.05) is 25.1 Å². The fraction of sp³-hybridized carbons (Fsp3) is 0.241. The van der Waals surface area contributed by atoms with Gasteiger partial charge in [0.25, 0.3) is 5.91 Å². The van der Waals surface area contributed by atoms with Gasteiger partial charge in [-0.1, -0.05) is 5.92 Å². The first kappa shape index (κ1) is 26.6. The molecule has 11 heteroatoms. The largest absolute Gasteiger partial charge is 0.492 e. The molecule has 0 unspecified atom stereocenters. The predicted octanol–water partition coefficient (Wildman–Crippen LogP) is 4.39. The molecule has 1 saturated heterocycles. The third-order valence-electron chi connectivity index (χ3n) is 6.49. The van der Waals surface area contributed by atoms with Crippen LogP contribution in [0.15, 0.2) is 61.1 Å². The minimum Gasteiger partial charge on any atom is -0.492 e. The fourth-order valence-corrected chi connectivity index (χ4v) is 4.46.